The number of carbonyl (C=O) groups is 1. The van der Waals surface area contributed by atoms with Crippen LogP contribution in [0.4, 0.5) is 10.5 Å². The quantitative estimate of drug-likeness (QED) is 0.363. The number of fused-ring (bicyclic) bond motifs is 1. The van der Waals surface area contributed by atoms with Gasteiger partial charge in [0, 0.05) is 13.1 Å². The number of nitrogens with zero attached hydrogens (tertiary/aromatic N) is 3. The molecule has 2 amide bonds. The molecule has 0 bridgehead atoms. The molecule has 0 spiro atoms. The summed E-state index contributed by atoms with van der Waals surface area (Å²) in [5.41, 5.74) is 1.35. The van der Waals surface area contributed by atoms with Crippen LogP contribution in [0.15, 0.2) is 71.5 Å². The first-order valence-corrected chi connectivity index (χ1v) is 11.8. The van der Waals surface area contributed by atoms with Crippen LogP contribution in [0.25, 0.3) is 16.6 Å². The molecule has 1 atom stereocenters. The predicted octanol–water partition coefficient (Wildman–Crippen LogP) is 5.03. The zero-order valence-corrected chi connectivity index (χ0v) is 21.5. The second-order valence-electron chi connectivity index (χ2n) is 8.33. The molecule has 4 aromatic rings. The lowest BCUT2D eigenvalue weighted by Gasteiger charge is -2.29. The number of anilines is 1. The minimum atomic E-state index is -0.536. The Morgan fingerprint density at radius 2 is 1.68 bits per heavy atom. The Morgan fingerprint density at radius 1 is 0.973 bits per heavy atom. The largest absolute Gasteiger partial charge is 0.497 e. The van der Waals surface area contributed by atoms with Gasteiger partial charge in [-0.15, -0.1) is 0 Å². The van der Waals surface area contributed by atoms with Crippen LogP contribution >= 0.6 is 0 Å². The number of carbonyl (C=O) groups excluding carboxylic acids is 1. The number of rotatable bonds is 8. The summed E-state index contributed by atoms with van der Waals surface area (Å²) < 4.78 is 17.8. The van der Waals surface area contributed by atoms with Gasteiger partial charge in [-0.3, -0.25) is 9.36 Å². The zero-order valence-electron chi connectivity index (χ0n) is 21.5. The van der Waals surface area contributed by atoms with Crippen LogP contribution in [-0.4, -0.2) is 48.9 Å². The second kappa shape index (κ2) is 11.0. The molecule has 1 aromatic heterocycles. The van der Waals surface area contributed by atoms with Crippen molar-refractivity contribution in [2.45, 2.75) is 19.4 Å². The van der Waals surface area contributed by atoms with Crippen molar-refractivity contribution in [3.8, 4) is 22.9 Å². The van der Waals surface area contributed by atoms with Crippen LogP contribution in [-0.2, 0) is 0 Å². The first kappa shape index (κ1) is 25.6. The fraction of sp³-hybridized carbons (Fsp3) is 0.250. The Bertz CT molecular complexity index is 1480. The minimum Gasteiger partial charge on any atom is -0.497 e. The van der Waals surface area contributed by atoms with Crippen LogP contribution in [0.1, 0.15) is 25.2 Å². The maximum Gasteiger partial charge on any atom is 0.322 e. The van der Waals surface area contributed by atoms with E-state index in [2.05, 4.69) is 5.32 Å². The molecular formula is C28H30N4O5. The van der Waals surface area contributed by atoms with E-state index in [1.54, 1.807) is 69.8 Å². The first-order chi connectivity index (χ1) is 17.9. The van der Waals surface area contributed by atoms with Crippen LogP contribution in [0.5, 0.6) is 17.2 Å². The van der Waals surface area contributed by atoms with Gasteiger partial charge in [0.15, 0.2) is 0 Å². The van der Waals surface area contributed by atoms with E-state index in [0.29, 0.717) is 51.8 Å². The number of aromatic nitrogens is 2. The minimum absolute atomic E-state index is 0.241. The Morgan fingerprint density at radius 3 is 2.38 bits per heavy atom. The van der Waals surface area contributed by atoms with E-state index in [-0.39, 0.29) is 11.6 Å². The number of amides is 2. The molecule has 9 heteroatoms. The van der Waals surface area contributed by atoms with E-state index in [9.17, 15) is 9.59 Å². The van der Waals surface area contributed by atoms with Gasteiger partial charge < -0.3 is 24.4 Å². The number of hydrogen-bond donors (Lipinski definition) is 1. The van der Waals surface area contributed by atoms with Gasteiger partial charge in [0.05, 0.1) is 49.6 Å². The van der Waals surface area contributed by atoms with Gasteiger partial charge in [-0.05, 0) is 42.8 Å². The molecule has 0 aliphatic carbocycles. The third-order valence-corrected chi connectivity index (χ3v) is 6.25. The van der Waals surface area contributed by atoms with Gasteiger partial charge in [0.1, 0.15) is 23.1 Å². The Labute approximate surface area is 215 Å². The van der Waals surface area contributed by atoms with Crippen molar-refractivity contribution in [1.82, 2.24) is 14.5 Å². The summed E-state index contributed by atoms with van der Waals surface area (Å²) in [6, 6.07) is 18.6. The SMILES string of the molecule is CCC(c1nc2ccccc2c(=O)n1-c1ccccc1OC)N(C)C(=O)Nc1ccc(OC)cc1OC. The number of nitrogens with one attached hydrogen (secondary N) is 1. The van der Waals surface area contributed by atoms with E-state index < -0.39 is 6.04 Å². The molecule has 37 heavy (non-hydrogen) atoms. The van der Waals surface area contributed by atoms with Gasteiger partial charge in [-0.25, -0.2) is 9.78 Å². The highest BCUT2D eigenvalue weighted by atomic mass is 16.5. The predicted molar refractivity (Wildman–Crippen MR) is 143 cm³/mol. The first-order valence-electron chi connectivity index (χ1n) is 11.8. The van der Waals surface area contributed by atoms with E-state index in [1.807, 2.05) is 25.1 Å². The summed E-state index contributed by atoms with van der Waals surface area (Å²) in [6.45, 7) is 1.94. The molecule has 0 aliphatic rings. The molecule has 0 fully saturated rings. The number of benzene rings is 3. The average Bonchev–Trinajstić information content (AvgIpc) is 2.93. The summed E-state index contributed by atoms with van der Waals surface area (Å²) in [5, 5.41) is 3.37. The summed E-state index contributed by atoms with van der Waals surface area (Å²) in [6.07, 6.45) is 0.504. The maximum atomic E-state index is 13.8. The van der Waals surface area contributed by atoms with Crippen molar-refractivity contribution in [3.63, 3.8) is 0 Å². The average molecular weight is 503 g/mol. The fourth-order valence-corrected chi connectivity index (χ4v) is 4.30. The molecule has 3 aromatic carbocycles. The lowest BCUT2D eigenvalue weighted by molar-refractivity contribution is 0.198. The summed E-state index contributed by atoms with van der Waals surface area (Å²) in [7, 11) is 6.31. The summed E-state index contributed by atoms with van der Waals surface area (Å²) >= 11 is 0. The molecule has 1 N–H and O–H groups in total. The van der Waals surface area contributed by atoms with E-state index in [1.165, 1.54) is 16.6 Å². The van der Waals surface area contributed by atoms with Crippen molar-refractivity contribution in [2.24, 2.45) is 0 Å². The highest BCUT2D eigenvalue weighted by molar-refractivity contribution is 5.91. The van der Waals surface area contributed by atoms with Crippen molar-refractivity contribution >= 4 is 22.6 Å². The molecule has 1 unspecified atom stereocenters. The van der Waals surface area contributed by atoms with Gasteiger partial charge in [-0.2, -0.15) is 0 Å². The van der Waals surface area contributed by atoms with Gasteiger partial charge in [0.25, 0.3) is 5.56 Å². The Hall–Kier alpha value is -4.53. The molecule has 0 saturated carbocycles. The number of methoxy groups -OCH3 is 3. The van der Waals surface area contributed by atoms with Crippen LogP contribution in [0.3, 0.4) is 0 Å². The van der Waals surface area contributed by atoms with Crippen LogP contribution in [0.2, 0.25) is 0 Å². The highest BCUT2D eigenvalue weighted by Gasteiger charge is 2.28. The fourth-order valence-electron chi connectivity index (χ4n) is 4.30. The van der Waals surface area contributed by atoms with Crippen LogP contribution in [0, 0.1) is 0 Å². The molecular weight excluding hydrogens is 472 g/mol. The number of urea groups is 1. The number of para-hydroxylation sites is 3. The third kappa shape index (κ3) is 4.93. The van der Waals surface area contributed by atoms with Gasteiger partial charge in [0.2, 0.25) is 0 Å². The number of hydrogen-bond acceptors (Lipinski definition) is 6. The Balaban J connectivity index is 1.81. The molecule has 0 aliphatic heterocycles. The van der Waals surface area contributed by atoms with Crippen LogP contribution < -0.4 is 25.1 Å². The van der Waals surface area contributed by atoms with E-state index >= 15 is 0 Å². The molecule has 0 saturated heterocycles. The third-order valence-electron chi connectivity index (χ3n) is 6.25. The smallest absolute Gasteiger partial charge is 0.322 e. The molecule has 1 heterocycles. The van der Waals surface area contributed by atoms with Crippen molar-refractivity contribution in [2.75, 3.05) is 33.7 Å². The van der Waals surface area contributed by atoms with Gasteiger partial charge in [-0.1, -0.05) is 31.2 Å². The van der Waals surface area contributed by atoms with Crippen molar-refractivity contribution in [3.05, 3.63) is 82.9 Å². The van der Waals surface area contributed by atoms with E-state index in [4.69, 9.17) is 19.2 Å². The standard InChI is InChI=1S/C28H30N4O5/c1-6-22(31(2)28(34)30-21-16-15-18(35-3)17-25(21)37-5)26-29-20-12-8-7-11-19(20)27(33)32(26)23-13-9-10-14-24(23)36-4/h7-17,22H,6H2,1-5H3,(H,30,34). The number of ether oxygens (including phenoxy) is 3. The van der Waals surface area contributed by atoms with Crippen molar-refractivity contribution < 1.29 is 19.0 Å². The normalized spacial score (nSPS) is 11.6. The zero-order chi connectivity index (χ0) is 26.5. The molecule has 9 nitrogen and oxygen atoms in total. The highest BCUT2D eigenvalue weighted by Crippen LogP contribution is 2.32. The molecule has 4 rings (SSSR count). The lowest BCUT2D eigenvalue weighted by Crippen LogP contribution is -2.38. The lowest BCUT2D eigenvalue weighted by atomic mass is 10.1. The topological polar surface area (TPSA) is 94.9 Å². The molecule has 0 radical (unpaired) electrons. The van der Waals surface area contributed by atoms with Crippen molar-refractivity contribution in [1.29, 1.82) is 0 Å². The summed E-state index contributed by atoms with van der Waals surface area (Å²) in [5.74, 6) is 2.02. The molecule has 192 valence electrons. The van der Waals surface area contributed by atoms with Gasteiger partial charge >= 0.3 is 6.03 Å². The van der Waals surface area contributed by atoms with E-state index in [0.717, 1.165) is 0 Å². The maximum absolute atomic E-state index is 13.8. The second-order valence-corrected chi connectivity index (χ2v) is 8.33. The monoisotopic (exact) mass is 502 g/mol. The summed E-state index contributed by atoms with van der Waals surface area (Å²) in [4.78, 5) is 33.6. The Kier molecular flexibility index (Phi) is 7.62.